The number of carboxylic acid groups (broad SMARTS) is 1. The van der Waals surface area contributed by atoms with E-state index in [0.29, 0.717) is 12.1 Å². The molecule has 9 heteroatoms. The van der Waals surface area contributed by atoms with Crippen LogP contribution in [-0.2, 0) is 14.3 Å². The molecule has 0 radical (unpaired) electrons. The summed E-state index contributed by atoms with van der Waals surface area (Å²) >= 11 is 0. The number of hydrogen-bond donors (Lipinski definition) is 4. The van der Waals surface area contributed by atoms with Crippen LogP contribution in [0.15, 0.2) is 85.0 Å². The maximum Gasteiger partial charge on any atom is 0.408 e. The van der Waals surface area contributed by atoms with E-state index in [2.05, 4.69) is 27.8 Å². The van der Waals surface area contributed by atoms with E-state index in [9.17, 15) is 19.5 Å². The Morgan fingerprint density at radius 3 is 2.37 bits per heavy atom. The molecule has 2 aromatic rings. The van der Waals surface area contributed by atoms with Gasteiger partial charge in [0.2, 0.25) is 0 Å². The molecule has 0 fully saturated rings. The van der Waals surface area contributed by atoms with E-state index in [1.165, 1.54) is 0 Å². The first-order valence-corrected chi connectivity index (χ1v) is 13.4. The Hall–Kier alpha value is -4.39. The van der Waals surface area contributed by atoms with Crippen LogP contribution < -0.4 is 16.0 Å². The summed E-state index contributed by atoms with van der Waals surface area (Å²) in [5.41, 5.74) is -0.617. The van der Waals surface area contributed by atoms with E-state index >= 15 is 0 Å². The minimum atomic E-state index is -1.21. The van der Waals surface area contributed by atoms with E-state index in [-0.39, 0.29) is 31.4 Å². The maximum absolute atomic E-state index is 13.2. The van der Waals surface area contributed by atoms with Crippen LogP contribution in [0.25, 0.3) is 0 Å². The molecule has 0 aliphatic heterocycles. The van der Waals surface area contributed by atoms with Gasteiger partial charge in [0.25, 0.3) is 5.91 Å². The molecule has 4 N–H and O–H groups in total. The molecule has 41 heavy (non-hydrogen) atoms. The SMILES string of the molecule is CC(C)(C)OC(=O)N[C@@H](CCNCC1C=CC=CC1(NC(=O)c1ccccc1)OCC#Cc1ccccc1)C(=O)O. The summed E-state index contributed by atoms with van der Waals surface area (Å²) in [6.45, 7) is 5.79. The second-order valence-electron chi connectivity index (χ2n) is 10.5. The van der Waals surface area contributed by atoms with Crippen LogP contribution in [0.3, 0.4) is 0 Å². The summed E-state index contributed by atoms with van der Waals surface area (Å²) in [5.74, 6) is 4.26. The largest absolute Gasteiger partial charge is 0.480 e. The van der Waals surface area contributed by atoms with Gasteiger partial charge in [0, 0.05) is 23.6 Å². The highest BCUT2D eigenvalue weighted by Crippen LogP contribution is 2.27. The average Bonchev–Trinajstić information content (AvgIpc) is 2.93. The number of ether oxygens (including phenoxy) is 2. The van der Waals surface area contributed by atoms with Gasteiger partial charge in [-0.15, -0.1) is 0 Å². The first-order chi connectivity index (χ1) is 19.6. The Morgan fingerprint density at radius 1 is 1.02 bits per heavy atom. The second kappa shape index (κ2) is 14.8. The third-order valence-corrected chi connectivity index (χ3v) is 6.05. The van der Waals surface area contributed by atoms with Gasteiger partial charge >= 0.3 is 12.1 Å². The van der Waals surface area contributed by atoms with Crippen molar-refractivity contribution in [1.82, 2.24) is 16.0 Å². The van der Waals surface area contributed by atoms with Crippen LogP contribution in [0.1, 0.15) is 43.1 Å². The molecule has 3 rings (SSSR count). The van der Waals surface area contributed by atoms with Gasteiger partial charge in [0.05, 0.1) is 0 Å². The summed E-state index contributed by atoms with van der Waals surface area (Å²) in [5, 5.41) is 18.2. The summed E-state index contributed by atoms with van der Waals surface area (Å²) in [7, 11) is 0. The number of allylic oxidation sites excluding steroid dienone is 2. The Kier molecular flexibility index (Phi) is 11.3. The zero-order valence-electron chi connectivity index (χ0n) is 23.6. The standard InChI is InChI=1S/C32H37N3O6/c1-31(2,3)41-30(39)34-27(29(37)38)19-21-33-23-26-18-10-11-20-32(26,35-28(36)25-16-8-5-9-17-25)40-22-12-15-24-13-6-4-7-14-24/h4-11,13-14,16-18,20,26-27,33H,19,21-23H2,1-3H3,(H,34,39)(H,35,36)(H,37,38)/t26?,27-,32?/m0/s1. The quantitative estimate of drug-likeness (QED) is 0.187. The lowest BCUT2D eigenvalue weighted by atomic mass is 9.90. The van der Waals surface area contributed by atoms with Crippen LogP contribution >= 0.6 is 0 Å². The molecule has 3 atom stereocenters. The number of alkyl carbamates (subject to hydrolysis) is 1. The summed E-state index contributed by atoms with van der Waals surface area (Å²) in [6.07, 6.45) is 6.69. The van der Waals surface area contributed by atoms with Gasteiger partial charge < -0.3 is 30.5 Å². The minimum absolute atomic E-state index is 0.0551. The van der Waals surface area contributed by atoms with Gasteiger partial charge in [-0.2, -0.15) is 0 Å². The summed E-state index contributed by atoms with van der Waals surface area (Å²) < 4.78 is 11.4. The van der Waals surface area contributed by atoms with Crippen LogP contribution in [0.4, 0.5) is 4.79 Å². The van der Waals surface area contributed by atoms with Crippen molar-refractivity contribution in [3.63, 3.8) is 0 Å². The fourth-order valence-corrected chi connectivity index (χ4v) is 4.07. The van der Waals surface area contributed by atoms with Crippen molar-refractivity contribution in [3.05, 3.63) is 96.1 Å². The Bertz CT molecular complexity index is 1290. The van der Waals surface area contributed by atoms with E-state index in [4.69, 9.17) is 9.47 Å². The number of carboxylic acids is 1. The number of carbonyl (C=O) groups is 3. The Labute approximate surface area is 241 Å². The van der Waals surface area contributed by atoms with Gasteiger partial charge in [0.15, 0.2) is 5.72 Å². The molecule has 2 amide bonds. The Balaban J connectivity index is 1.68. The zero-order chi connectivity index (χ0) is 29.7. The van der Waals surface area contributed by atoms with Crippen LogP contribution in [0, 0.1) is 17.8 Å². The highest BCUT2D eigenvalue weighted by molar-refractivity contribution is 5.94. The third-order valence-electron chi connectivity index (χ3n) is 6.05. The predicted molar refractivity (Wildman–Crippen MR) is 156 cm³/mol. The number of nitrogens with one attached hydrogen (secondary N) is 3. The van der Waals surface area contributed by atoms with Crippen molar-refractivity contribution in [2.75, 3.05) is 19.7 Å². The predicted octanol–water partition coefficient (Wildman–Crippen LogP) is 3.88. The number of hydrogen-bond acceptors (Lipinski definition) is 6. The van der Waals surface area contributed by atoms with Crippen LogP contribution in [0.5, 0.6) is 0 Å². The molecule has 9 nitrogen and oxygen atoms in total. The zero-order valence-corrected chi connectivity index (χ0v) is 23.6. The van der Waals surface area contributed by atoms with E-state index in [1.807, 2.05) is 48.6 Å². The normalized spacial score (nSPS) is 18.5. The van der Waals surface area contributed by atoms with Gasteiger partial charge in [-0.05, 0) is 64.1 Å². The topological polar surface area (TPSA) is 126 Å². The lowest BCUT2D eigenvalue weighted by Gasteiger charge is -2.39. The fraction of sp³-hybridized carbons (Fsp3) is 0.344. The molecule has 2 aromatic carbocycles. The molecule has 0 saturated carbocycles. The third kappa shape index (κ3) is 10.3. The molecule has 0 aromatic heterocycles. The molecule has 1 aliphatic rings. The Morgan fingerprint density at radius 2 is 1.71 bits per heavy atom. The highest BCUT2D eigenvalue weighted by atomic mass is 16.6. The molecule has 0 saturated heterocycles. The van der Waals surface area contributed by atoms with E-state index < -0.39 is 29.4 Å². The molecule has 1 aliphatic carbocycles. The van der Waals surface area contributed by atoms with Crippen LogP contribution in [0.2, 0.25) is 0 Å². The lowest BCUT2D eigenvalue weighted by Crippen LogP contribution is -2.57. The lowest BCUT2D eigenvalue weighted by molar-refractivity contribution is -0.139. The molecule has 0 bridgehead atoms. The van der Waals surface area contributed by atoms with Crippen LogP contribution in [-0.4, -0.2) is 60.1 Å². The number of amides is 2. The summed E-state index contributed by atoms with van der Waals surface area (Å²) in [4.78, 5) is 37.0. The van der Waals surface area contributed by atoms with Gasteiger partial charge in [-0.1, -0.05) is 66.5 Å². The second-order valence-corrected chi connectivity index (χ2v) is 10.5. The van der Waals surface area contributed by atoms with Gasteiger partial charge in [-0.25, -0.2) is 9.59 Å². The van der Waals surface area contributed by atoms with Crippen molar-refractivity contribution < 1.29 is 29.0 Å². The van der Waals surface area contributed by atoms with Crippen molar-refractivity contribution in [1.29, 1.82) is 0 Å². The monoisotopic (exact) mass is 559 g/mol. The fourth-order valence-electron chi connectivity index (χ4n) is 4.07. The number of carbonyl (C=O) groups excluding carboxylic acids is 2. The molecule has 2 unspecified atom stereocenters. The first kappa shape index (κ1) is 31.1. The molecule has 216 valence electrons. The van der Waals surface area contributed by atoms with Crippen molar-refractivity contribution in [2.45, 2.75) is 44.6 Å². The molecular weight excluding hydrogens is 522 g/mol. The number of aliphatic carboxylic acids is 1. The smallest absolute Gasteiger partial charge is 0.408 e. The minimum Gasteiger partial charge on any atom is -0.480 e. The van der Waals surface area contributed by atoms with Crippen molar-refractivity contribution in [2.24, 2.45) is 5.92 Å². The molecule has 0 heterocycles. The molecule has 0 spiro atoms. The van der Waals surface area contributed by atoms with E-state index in [1.54, 1.807) is 57.2 Å². The van der Waals surface area contributed by atoms with Crippen molar-refractivity contribution >= 4 is 18.0 Å². The van der Waals surface area contributed by atoms with Gasteiger partial charge in [-0.3, -0.25) is 4.79 Å². The maximum atomic E-state index is 13.2. The van der Waals surface area contributed by atoms with E-state index in [0.717, 1.165) is 5.56 Å². The van der Waals surface area contributed by atoms with Gasteiger partial charge in [0.1, 0.15) is 18.2 Å². The number of rotatable bonds is 11. The molecular formula is C32H37N3O6. The summed E-state index contributed by atoms with van der Waals surface area (Å²) in [6, 6.07) is 17.2. The highest BCUT2D eigenvalue weighted by Gasteiger charge is 2.39. The van der Waals surface area contributed by atoms with Crippen molar-refractivity contribution in [3.8, 4) is 11.8 Å². The average molecular weight is 560 g/mol. The number of benzene rings is 2. The first-order valence-electron chi connectivity index (χ1n) is 13.4.